The fourth-order valence-electron chi connectivity index (χ4n) is 1.43. The minimum Gasteiger partial charge on any atom is -0.508 e. The molecular formula is C12H9NOS. The van der Waals surface area contributed by atoms with Gasteiger partial charge < -0.3 is 5.11 Å². The van der Waals surface area contributed by atoms with Gasteiger partial charge in [-0.1, -0.05) is 6.07 Å². The van der Waals surface area contributed by atoms with Crippen molar-refractivity contribution in [2.45, 2.75) is 6.92 Å². The molecule has 3 heteroatoms. The number of phenolic OH excluding ortho intramolecular Hbond substituents is 1. The Hall–Kier alpha value is -1.79. The van der Waals surface area contributed by atoms with E-state index < -0.39 is 0 Å². The molecule has 74 valence electrons. The van der Waals surface area contributed by atoms with Crippen LogP contribution in [0.15, 0.2) is 29.0 Å². The van der Waals surface area contributed by atoms with Crippen LogP contribution in [-0.4, -0.2) is 5.11 Å². The lowest BCUT2D eigenvalue weighted by Crippen LogP contribution is -1.80. The van der Waals surface area contributed by atoms with E-state index >= 15 is 0 Å². The van der Waals surface area contributed by atoms with Crippen LogP contribution in [-0.2, 0) is 0 Å². The van der Waals surface area contributed by atoms with Crippen molar-refractivity contribution in [3.05, 3.63) is 40.1 Å². The molecule has 0 atom stereocenters. The van der Waals surface area contributed by atoms with E-state index in [1.807, 2.05) is 29.8 Å². The molecule has 2 rings (SSSR count). The Labute approximate surface area is 92.0 Å². The van der Waals surface area contributed by atoms with Gasteiger partial charge in [-0.05, 0) is 35.6 Å². The first-order valence-corrected chi connectivity index (χ1v) is 5.43. The molecule has 0 spiro atoms. The van der Waals surface area contributed by atoms with Gasteiger partial charge in [0.25, 0.3) is 0 Å². The Kier molecular flexibility index (Phi) is 2.44. The number of aromatic hydroxyl groups is 1. The first-order valence-electron chi connectivity index (χ1n) is 4.48. The SMILES string of the molecule is Cc1cc(-c2cscc2C#N)ccc1O. The van der Waals surface area contributed by atoms with Crippen molar-refractivity contribution in [3.63, 3.8) is 0 Å². The Morgan fingerprint density at radius 2 is 2.13 bits per heavy atom. The Morgan fingerprint density at radius 1 is 1.33 bits per heavy atom. The van der Waals surface area contributed by atoms with Crippen LogP contribution in [0, 0.1) is 18.3 Å². The van der Waals surface area contributed by atoms with E-state index in [-0.39, 0.29) is 5.75 Å². The van der Waals surface area contributed by atoms with Gasteiger partial charge in [-0.15, -0.1) is 0 Å². The zero-order valence-electron chi connectivity index (χ0n) is 8.19. The highest BCUT2D eigenvalue weighted by atomic mass is 32.1. The first kappa shape index (κ1) is 9.75. The molecule has 0 amide bonds. The van der Waals surface area contributed by atoms with Gasteiger partial charge in [0.05, 0.1) is 5.56 Å². The van der Waals surface area contributed by atoms with E-state index in [9.17, 15) is 5.11 Å². The molecule has 2 aromatic rings. The van der Waals surface area contributed by atoms with Crippen LogP contribution in [0.2, 0.25) is 0 Å². The molecule has 2 nitrogen and oxygen atoms in total. The van der Waals surface area contributed by atoms with Crippen molar-refractivity contribution in [1.29, 1.82) is 5.26 Å². The molecule has 0 fully saturated rings. The number of hydrogen-bond donors (Lipinski definition) is 1. The zero-order valence-corrected chi connectivity index (χ0v) is 9.01. The molecule has 0 radical (unpaired) electrons. The molecule has 1 aromatic heterocycles. The molecule has 0 bridgehead atoms. The number of rotatable bonds is 1. The van der Waals surface area contributed by atoms with E-state index in [4.69, 9.17) is 5.26 Å². The second-order valence-electron chi connectivity index (χ2n) is 3.31. The van der Waals surface area contributed by atoms with Crippen LogP contribution in [0.3, 0.4) is 0 Å². The van der Waals surface area contributed by atoms with Crippen LogP contribution in [0.5, 0.6) is 5.75 Å². The lowest BCUT2D eigenvalue weighted by Gasteiger charge is -2.02. The van der Waals surface area contributed by atoms with Crippen molar-refractivity contribution in [2.75, 3.05) is 0 Å². The van der Waals surface area contributed by atoms with Crippen LogP contribution in [0.1, 0.15) is 11.1 Å². The number of phenols is 1. The maximum Gasteiger partial charge on any atom is 0.118 e. The van der Waals surface area contributed by atoms with Gasteiger partial charge in [0.15, 0.2) is 0 Å². The molecule has 0 aliphatic carbocycles. The van der Waals surface area contributed by atoms with Gasteiger partial charge >= 0.3 is 0 Å². The average Bonchev–Trinajstić information content (AvgIpc) is 2.70. The molecule has 0 aliphatic rings. The number of nitriles is 1. The topological polar surface area (TPSA) is 44.0 Å². The summed E-state index contributed by atoms with van der Waals surface area (Å²) in [5.74, 6) is 0.285. The van der Waals surface area contributed by atoms with Crippen LogP contribution in [0.4, 0.5) is 0 Å². The lowest BCUT2D eigenvalue weighted by molar-refractivity contribution is 0.471. The predicted molar refractivity (Wildman–Crippen MR) is 60.9 cm³/mol. The number of nitrogens with zero attached hydrogens (tertiary/aromatic N) is 1. The standard InChI is InChI=1S/C12H9NOS/c1-8-4-9(2-3-12(8)14)11-7-15-6-10(11)5-13/h2-4,6-7,14H,1H3. The Bertz CT molecular complexity index is 537. The largest absolute Gasteiger partial charge is 0.508 e. The summed E-state index contributed by atoms with van der Waals surface area (Å²) in [5.41, 5.74) is 3.42. The van der Waals surface area contributed by atoms with Gasteiger partial charge in [-0.2, -0.15) is 16.6 Å². The van der Waals surface area contributed by atoms with Crippen molar-refractivity contribution in [3.8, 4) is 22.9 Å². The highest BCUT2D eigenvalue weighted by Crippen LogP contribution is 2.29. The molecule has 1 heterocycles. The quantitative estimate of drug-likeness (QED) is 0.793. The summed E-state index contributed by atoms with van der Waals surface area (Å²) in [6, 6.07) is 7.52. The number of benzene rings is 1. The molecule has 15 heavy (non-hydrogen) atoms. The van der Waals surface area contributed by atoms with Crippen LogP contribution >= 0.6 is 11.3 Å². The third-order valence-electron chi connectivity index (χ3n) is 2.29. The summed E-state index contributed by atoms with van der Waals surface area (Å²) in [6.07, 6.45) is 0. The van der Waals surface area contributed by atoms with E-state index in [1.54, 1.807) is 6.07 Å². The van der Waals surface area contributed by atoms with Gasteiger partial charge in [0, 0.05) is 10.9 Å². The fourth-order valence-corrected chi connectivity index (χ4v) is 2.21. The molecule has 0 unspecified atom stereocenters. The van der Waals surface area contributed by atoms with Crippen molar-refractivity contribution in [2.24, 2.45) is 0 Å². The summed E-state index contributed by atoms with van der Waals surface area (Å²) in [7, 11) is 0. The monoisotopic (exact) mass is 215 g/mol. The van der Waals surface area contributed by atoms with Gasteiger partial charge in [0.2, 0.25) is 0 Å². The summed E-state index contributed by atoms with van der Waals surface area (Å²) in [4.78, 5) is 0. The molecule has 1 N–H and O–H groups in total. The maximum atomic E-state index is 9.41. The summed E-state index contributed by atoms with van der Waals surface area (Å²) in [6.45, 7) is 1.84. The average molecular weight is 215 g/mol. The number of hydrogen-bond acceptors (Lipinski definition) is 3. The number of aryl methyl sites for hydroxylation is 1. The van der Waals surface area contributed by atoms with Crippen molar-refractivity contribution < 1.29 is 5.11 Å². The van der Waals surface area contributed by atoms with Crippen LogP contribution in [0.25, 0.3) is 11.1 Å². The highest BCUT2D eigenvalue weighted by molar-refractivity contribution is 7.08. The Balaban J connectivity index is 2.56. The molecular weight excluding hydrogens is 206 g/mol. The van der Waals surface area contributed by atoms with Gasteiger partial charge in [0.1, 0.15) is 11.8 Å². The van der Waals surface area contributed by atoms with E-state index in [0.29, 0.717) is 5.56 Å². The molecule has 0 saturated heterocycles. The smallest absolute Gasteiger partial charge is 0.118 e. The maximum absolute atomic E-state index is 9.41. The second-order valence-corrected chi connectivity index (χ2v) is 4.06. The van der Waals surface area contributed by atoms with Gasteiger partial charge in [-0.3, -0.25) is 0 Å². The summed E-state index contributed by atoms with van der Waals surface area (Å²) >= 11 is 1.51. The summed E-state index contributed by atoms with van der Waals surface area (Å²) in [5, 5.41) is 22.1. The summed E-state index contributed by atoms with van der Waals surface area (Å²) < 4.78 is 0. The third-order valence-corrected chi connectivity index (χ3v) is 3.03. The minimum absolute atomic E-state index is 0.285. The minimum atomic E-state index is 0.285. The Morgan fingerprint density at radius 3 is 2.80 bits per heavy atom. The number of thiophene rings is 1. The van der Waals surface area contributed by atoms with Crippen LogP contribution < -0.4 is 0 Å². The van der Waals surface area contributed by atoms with E-state index in [1.165, 1.54) is 11.3 Å². The second kappa shape index (κ2) is 3.76. The van der Waals surface area contributed by atoms with Crippen molar-refractivity contribution >= 4 is 11.3 Å². The highest BCUT2D eigenvalue weighted by Gasteiger charge is 2.06. The fraction of sp³-hybridized carbons (Fsp3) is 0.0833. The molecule has 0 saturated carbocycles. The zero-order chi connectivity index (χ0) is 10.8. The predicted octanol–water partition coefficient (Wildman–Crippen LogP) is 3.30. The normalized spacial score (nSPS) is 9.87. The van der Waals surface area contributed by atoms with Crippen molar-refractivity contribution in [1.82, 2.24) is 0 Å². The van der Waals surface area contributed by atoms with Gasteiger partial charge in [-0.25, -0.2) is 0 Å². The molecule has 1 aromatic carbocycles. The van der Waals surface area contributed by atoms with E-state index in [0.717, 1.165) is 16.7 Å². The van der Waals surface area contributed by atoms with E-state index in [2.05, 4.69) is 6.07 Å². The lowest BCUT2D eigenvalue weighted by atomic mass is 10.0. The third kappa shape index (κ3) is 1.72. The molecule has 0 aliphatic heterocycles. The first-order chi connectivity index (χ1) is 7.22.